The summed E-state index contributed by atoms with van der Waals surface area (Å²) < 4.78 is 16.7. The van der Waals surface area contributed by atoms with Gasteiger partial charge in [0.05, 0.1) is 23.2 Å². The van der Waals surface area contributed by atoms with Crippen molar-refractivity contribution < 1.29 is 54.4 Å². The van der Waals surface area contributed by atoms with Gasteiger partial charge in [-0.3, -0.25) is 9.59 Å². The van der Waals surface area contributed by atoms with Gasteiger partial charge in [0.25, 0.3) is 0 Å². The van der Waals surface area contributed by atoms with Gasteiger partial charge in [-0.25, -0.2) is 0 Å². The average Bonchev–Trinajstić information content (AvgIpc) is 3.01. The van der Waals surface area contributed by atoms with E-state index in [4.69, 9.17) is 14.2 Å². The second-order valence-electron chi connectivity index (χ2n) is 18.3. The fraction of sp³-hybridized carbons (Fsp3) is 0.895. The molecule has 6 N–H and O–H groups in total. The van der Waals surface area contributed by atoms with Crippen molar-refractivity contribution >= 4 is 11.9 Å². The number of hydrogen-bond acceptors (Lipinski definition) is 11. The molecule has 0 aromatic carbocycles. The molecular weight excluding hydrogens is 632 g/mol. The molecule has 1 aliphatic heterocycles. The molecule has 0 amide bonds. The second kappa shape index (κ2) is 12.0. The van der Waals surface area contributed by atoms with Crippen LogP contribution in [-0.2, 0) is 23.8 Å². The highest BCUT2D eigenvalue weighted by atomic mass is 16.7. The van der Waals surface area contributed by atoms with Crippen molar-refractivity contribution in [3.05, 3.63) is 11.6 Å². The van der Waals surface area contributed by atoms with E-state index in [-0.39, 0.29) is 34.0 Å². The van der Waals surface area contributed by atoms with Crippen LogP contribution in [0.15, 0.2) is 11.6 Å². The SMILES string of the molecule is CC(=O)OCC1OC(OC(=O)C23CCC(C)C(C)(O)C2C2=CCC4C5(C)CC(O)C(O)C(C)(C)C5CCC4(C)C2(C)CC3)C(O)C(O)C1O. The number of fused-ring (bicyclic) bond motifs is 7. The van der Waals surface area contributed by atoms with E-state index in [0.29, 0.717) is 32.1 Å². The Hall–Kier alpha value is -1.60. The van der Waals surface area contributed by atoms with Gasteiger partial charge < -0.3 is 44.8 Å². The highest BCUT2D eigenvalue weighted by molar-refractivity contribution is 5.79. The molecule has 6 aliphatic rings. The third kappa shape index (κ3) is 5.14. The smallest absolute Gasteiger partial charge is 0.315 e. The maximum atomic E-state index is 14.6. The average molecular weight is 693 g/mol. The number of hydrogen-bond donors (Lipinski definition) is 6. The number of esters is 2. The molecule has 11 heteroatoms. The van der Waals surface area contributed by atoms with Gasteiger partial charge in [0, 0.05) is 12.8 Å². The van der Waals surface area contributed by atoms with Crippen LogP contribution in [0.1, 0.15) is 107 Å². The highest BCUT2D eigenvalue weighted by Crippen LogP contribution is 2.76. The van der Waals surface area contributed by atoms with Gasteiger partial charge in [0.15, 0.2) is 0 Å². The fourth-order valence-corrected chi connectivity index (χ4v) is 12.6. The van der Waals surface area contributed by atoms with Gasteiger partial charge in [-0.2, -0.15) is 0 Å². The van der Waals surface area contributed by atoms with Gasteiger partial charge >= 0.3 is 11.9 Å². The lowest BCUT2D eigenvalue weighted by molar-refractivity contribution is -0.300. The molecule has 1 heterocycles. The Labute approximate surface area is 290 Å². The van der Waals surface area contributed by atoms with E-state index in [1.165, 1.54) is 6.92 Å². The maximum absolute atomic E-state index is 14.6. The maximum Gasteiger partial charge on any atom is 0.315 e. The topological polar surface area (TPSA) is 183 Å². The van der Waals surface area contributed by atoms with E-state index in [9.17, 15) is 40.2 Å². The molecule has 16 atom stereocenters. The summed E-state index contributed by atoms with van der Waals surface area (Å²) in [5.41, 5.74) is -2.58. The second-order valence-corrected chi connectivity index (χ2v) is 18.3. The minimum absolute atomic E-state index is 0.113. The monoisotopic (exact) mass is 692 g/mol. The molecule has 49 heavy (non-hydrogen) atoms. The molecule has 4 saturated carbocycles. The van der Waals surface area contributed by atoms with Crippen molar-refractivity contribution in [3.8, 4) is 0 Å². The van der Waals surface area contributed by atoms with E-state index in [0.717, 1.165) is 24.8 Å². The molecule has 278 valence electrons. The lowest BCUT2D eigenvalue weighted by Crippen LogP contribution is -2.69. The largest absolute Gasteiger partial charge is 0.463 e. The summed E-state index contributed by atoms with van der Waals surface area (Å²) in [6, 6.07) is 0. The first kappa shape index (κ1) is 37.2. The van der Waals surface area contributed by atoms with Gasteiger partial charge in [-0.05, 0) is 97.7 Å². The van der Waals surface area contributed by atoms with Gasteiger partial charge in [0.2, 0.25) is 6.29 Å². The van der Waals surface area contributed by atoms with Crippen LogP contribution in [0.4, 0.5) is 0 Å². The number of carbonyl (C=O) groups excluding carboxylic acids is 2. The molecule has 0 aromatic rings. The zero-order valence-electron chi connectivity index (χ0n) is 30.5. The van der Waals surface area contributed by atoms with E-state index in [2.05, 4.69) is 40.7 Å². The summed E-state index contributed by atoms with van der Waals surface area (Å²) in [4.78, 5) is 26.0. The minimum Gasteiger partial charge on any atom is -0.463 e. The Kier molecular flexibility index (Phi) is 9.08. The molecule has 1 saturated heterocycles. The molecule has 0 radical (unpaired) electrons. The van der Waals surface area contributed by atoms with Gasteiger partial charge in [-0.15, -0.1) is 0 Å². The molecule has 0 aromatic heterocycles. The molecule has 6 rings (SSSR count). The quantitative estimate of drug-likeness (QED) is 0.188. The first-order chi connectivity index (χ1) is 22.6. The lowest BCUT2D eigenvalue weighted by Gasteiger charge is -2.72. The Balaban J connectivity index is 1.36. The third-order valence-electron chi connectivity index (χ3n) is 15.7. The summed E-state index contributed by atoms with van der Waals surface area (Å²) in [6.45, 7) is 15.8. The van der Waals surface area contributed by atoms with Crippen LogP contribution >= 0.6 is 0 Å². The van der Waals surface area contributed by atoms with Crippen LogP contribution in [0.2, 0.25) is 0 Å². The Morgan fingerprint density at radius 2 is 1.57 bits per heavy atom. The van der Waals surface area contributed by atoms with Crippen LogP contribution in [0.3, 0.4) is 0 Å². The molecule has 0 bridgehead atoms. The number of allylic oxidation sites excluding steroid dienone is 1. The first-order valence-corrected chi connectivity index (χ1v) is 18.4. The van der Waals surface area contributed by atoms with E-state index in [1.807, 2.05) is 13.8 Å². The molecule has 5 fully saturated rings. The number of aliphatic hydroxyl groups is 6. The molecule has 5 aliphatic carbocycles. The number of rotatable bonds is 4. The normalized spacial score (nSPS) is 53.5. The van der Waals surface area contributed by atoms with Gasteiger partial charge in [-0.1, -0.05) is 53.2 Å². The van der Waals surface area contributed by atoms with Crippen LogP contribution in [0.5, 0.6) is 0 Å². The fourth-order valence-electron chi connectivity index (χ4n) is 12.6. The summed E-state index contributed by atoms with van der Waals surface area (Å²) in [5.74, 6) is -1.49. The highest BCUT2D eigenvalue weighted by Gasteiger charge is 2.72. The van der Waals surface area contributed by atoms with Crippen molar-refractivity contribution in [1.29, 1.82) is 0 Å². The van der Waals surface area contributed by atoms with Crippen LogP contribution in [0.25, 0.3) is 0 Å². The van der Waals surface area contributed by atoms with E-state index in [1.54, 1.807) is 0 Å². The Morgan fingerprint density at radius 3 is 2.22 bits per heavy atom. The zero-order valence-corrected chi connectivity index (χ0v) is 30.5. The van der Waals surface area contributed by atoms with Crippen LogP contribution < -0.4 is 0 Å². The van der Waals surface area contributed by atoms with Crippen molar-refractivity contribution in [3.63, 3.8) is 0 Å². The lowest BCUT2D eigenvalue weighted by atomic mass is 9.33. The Morgan fingerprint density at radius 1 is 0.898 bits per heavy atom. The summed E-state index contributed by atoms with van der Waals surface area (Å²) in [6.07, 6.45) is -1.94. The number of ether oxygens (including phenoxy) is 3. The summed E-state index contributed by atoms with van der Waals surface area (Å²) >= 11 is 0. The number of carbonyl (C=O) groups is 2. The van der Waals surface area contributed by atoms with E-state index >= 15 is 0 Å². The molecule has 0 spiro atoms. The molecule has 16 unspecified atom stereocenters. The van der Waals surface area contributed by atoms with Crippen LogP contribution in [0, 0.1) is 50.7 Å². The van der Waals surface area contributed by atoms with Crippen molar-refractivity contribution in [2.24, 2.45) is 50.7 Å². The molecule has 11 nitrogen and oxygen atoms in total. The van der Waals surface area contributed by atoms with Crippen molar-refractivity contribution in [2.45, 2.75) is 155 Å². The minimum atomic E-state index is -1.74. The van der Waals surface area contributed by atoms with Gasteiger partial charge in [0.1, 0.15) is 31.0 Å². The van der Waals surface area contributed by atoms with Crippen LogP contribution in [-0.4, -0.2) is 97.7 Å². The standard InChI is InChI=1S/C38H60O11/c1-19-11-14-38(32(45)49-31-28(43)27(42)26(41)23(48-31)18-47-20(2)39)16-15-35(6)21(29(38)37(19,8)46)9-10-25-34(5)17-22(40)30(44)33(3,4)24(34)12-13-36(25,35)7/h9,19,22-31,40-44,46H,10-18H2,1-8H3. The van der Waals surface area contributed by atoms with Crippen molar-refractivity contribution in [1.82, 2.24) is 0 Å². The van der Waals surface area contributed by atoms with Crippen molar-refractivity contribution in [2.75, 3.05) is 6.61 Å². The predicted molar refractivity (Wildman–Crippen MR) is 177 cm³/mol. The number of aliphatic hydroxyl groups excluding tert-OH is 5. The summed E-state index contributed by atoms with van der Waals surface area (Å²) in [7, 11) is 0. The molecular formula is C38H60O11. The summed E-state index contributed by atoms with van der Waals surface area (Å²) in [5, 5.41) is 66.7. The zero-order chi connectivity index (χ0) is 36.3. The first-order valence-electron chi connectivity index (χ1n) is 18.4. The van der Waals surface area contributed by atoms with E-state index < -0.39 is 83.8 Å². The third-order valence-corrected chi connectivity index (χ3v) is 15.7. The Bertz CT molecular complexity index is 1360. The predicted octanol–water partition coefficient (Wildman–Crippen LogP) is 3.00.